The van der Waals surface area contributed by atoms with Crippen LogP contribution in [0.15, 0.2) is 47.0 Å². The number of anilines is 1. The smallest absolute Gasteiger partial charge is 0.258 e. The summed E-state index contributed by atoms with van der Waals surface area (Å²) in [4.78, 5) is 14.3. The van der Waals surface area contributed by atoms with Gasteiger partial charge in [-0.2, -0.15) is 0 Å². The van der Waals surface area contributed by atoms with Gasteiger partial charge in [-0.1, -0.05) is 22.9 Å². The average molecular weight is 298 g/mol. The third kappa shape index (κ3) is 3.03. The molecule has 0 bridgehead atoms. The Hall–Kier alpha value is -2.40. The van der Waals surface area contributed by atoms with Gasteiger partial charge in [0.05, 0.1) is 4.88 Å². The van der Waals surface area contributed by atoms with Crippen LogP contribution in [0.1, 0.15) is 20.8 Å². The van der Waals surface area contributed by atoms with Gasteiger partial charge in [0.15, 0.2) is 0 Å². The molecule has 0 spiro atoms. The van der Waals surface area contributed by atoms with Crippen molar-refractivity contribution in [3.05, 3.63) is 58.5 Å². The second kappa shape index (κ2) is 5.54. The number of nitrogens with one attached hydrogen (secondary N) is 1. The van der Waals surface area contributed by atoms with E-state index in [0.717, 1.165) is 16.1 Å². The van der Waals surface area contributed by atoms with Crippen molar-refractivity contribution in [2.45, 2.75) is 13.8 Å². The number of carbonyl (C=O) groups is 1. The molecule has 1 N–H and O–H groups in total. The maximum Gasteiger partial charge on any atom is 0.258 e. The second-order valence-corrected chi connectivity index (χ2v) is 6.09. The number of nitrogens with zero attached hydrogens (tertiary/aromatic N) is 1. The minimum atomic E-state index is -0.208. The van der Waals surface area contributed by atoms with E-state index in [1.165, 1.54) is 4.88 Å². The lowest BCUT2D eigenvalue weighted by molar-refractivity contribution is 0.102. The Morgan fingerprint density at radius 1 is 1.14 bits per heavy atom. The molecule has 2 aromatic heterocycles. The number of benzene rings is 1. The van der Waals surface area contributed by atoms with Crippen LogP contribution in [-0.4, -0.2) is 11.1 Å². The number of carbonyl (C=O) groups excluding carboxylic acids is 1. The molecule has 0 saturated heterocycles. The topological polar surface area (TPSA) is 55.1 Å². The van der Waals surface area contributed by atoms with Crippen molar-refractivity contribution in [1.29, 1.82) is 0 Å². The minimum Gasteiger partial charge on any atom is -0.338 e. The highest BCUT2D eigenvalue weighted by Gasteiger charge is 2.12. The molecule has 0 radical (unpaired) electrons. The van der Waals surface area contributed by atoms with Crippen molar-refractivity contribution in [1.82, 2.24) is 5.16 Å². The fraction of sp³-hybridized carbons (Fsp3) is 0.125. The molecule has 0 saturated carbocycles. The Labute approximate surface area is 126 Å². The van der Waals surface area contributed by atoms with Gasteiger partial charge in [0.2, 0.25) is 5.88 Å². The summed E-state index contributed by atoms with van der Waals surface area (Å²) in [5, 5.41) is 6.69. The molecule has 3 aromatic rings. The third-order valence-electron chi connectivity index (χ3n) is 3.05. The summed E-state index contributed by atoms with van der Waals surface area (Å²) >= 11 is 1.64. The average Bonchev–Trinajstić information content (AvgIpc) is 3.08. The molecule has 0 aliphatic heterocycles. The zero-order chi connectivity index (χ0) is 14.8. The van der Waals surface area contributed by atoms with Gasteiger partial charge in [0.25, 0.3) is 5.91 Å². The number of hydrogen-bond donors (Lipinski definition) is 1. The van der Waals surface area contributed by atoms with E-state index >= 15 is 0 Å². The van der Waals surface area contributed by atoms with E-state index in [0.29, 0.717) is 11.4 Å². The standard InChI is InChI=1S/C16H14N2O2S/c1-10-3-6-12(7-4-10)16(19)17-15-9-13(18-20-15)14-8-5-11(2)21-14/h3-9H,1-2H3,(H,17,19). The van der Waals surface area contributed by atoms with Crippen molar-refractivity contribution < 1.29 is 9.32 Å². The van der Waals surface area contributed by atoms with Gasteiger partial charge in [-0.05, 0) is 38.1 Å². The highest BCUT2D eigenvalue weighted by molar-refractivity contribution is 7.15. The van der Waals surface area contributed by atoms with Gasteiger partial charge in [-0.15, -0.1) is 11.3 Å². The quantitative estimate of drug-likeness (QED) is 0.785. The molecule has 0 unspecified atom stereocenters. The van der Waals surface area contributed by atoms with E-state index in [-0.39, 0.29) is 5.91 Å². The number of aromatic nitrogens is 1. The number of amides is 1. The summed E-state index contributed by atoms with van der Waals surface area (Å²) < 4.78 is 5.17. The normalized spacial score (nSPS) is 10.6. The molecule has 0 aliphatic rings. The van der Waals surface area contributed by atoms with Crippen LogP contribution in [0.5, 0.6) is 0 Å². The summed E-state index contributed by atoms with van der Waals surface area (Å²) in [5.41, 5.74) is 2.43. The molecule has 106 valence electrons. The minimum absolute atomic E-state index is 0.208. The Morgan fingerprint density at radius 3 is 2.57 bits per heavy atom. The van der Waals surface area contributed by atoms with Crippen LogP contribution in [-0.2, 0) is 0 Å². The molecule has 3 rings (SSSR count). The molecular weight excluding hydrogens is 284 g/mol. The van der Waals surface area contributed by atoms with Gasteiger partial charge in [0.1, 0.15) is 5.69 Å². The van der Waals surface area contributed by atoms with Crippen LogP contribution >= 0.6 is 11.3 Å². The first-order valence-corrected chi connectivity index (χ1v) is 7.35. The van der Waals surface area contributed by atoms with E-state index in [1.54, 1.807) is 29.5 Å². The molecule has 5 heteroatoms. The van der Waals surface area contributed by atoms with Gasteiger partial charge in [-0.25, -0.2) is 0 Å². The molecule has 21 heavy (non-hydrogen) atoms. The fourth-order valence-corrected chi connectivity index (χ4v) is 2.73. The number of aryl methyl sites for hydroxylation is 2. The van der Waals surface area contributed by atoms with Gasteiger partial charge < -0.3 is 4.52 Å². The number of rotatable bonds is 3. The van der Waals surface area contributed by atoms with Crippen LogP contribution in [0.2, 0.25) is 0 Å². The van der Waals surface area contributed by atoms with E-state index in [9.17, 15) is 4.79 Å². The second-order valence-electron chi connectivity index (χ2n) is 4.81. The predicted octanol–water partition coefficient (Wildman–Crippen LogP) is 4.27. The third-order valence-corrected chi connectivity index (χ3v) is 4.08. The van der Waals surface area contributed by atoms with E-state index < -0.39 is 0 Å². The summed E-state index contributed by atoms with van der Waals surface area (Å²) in [5.74, 6) is 0.140. The highest BCUT2D eigenvalue weighted by Crippen LogP contribution is 2.28. The maximum absolute atomic E-state index is 12.1. The largest absolute Gasteiger partial charge is 0.338 e. The Morgan fingerprint density at radius 2 is 1.90 bits per heavy atom. The predicted molar refractivity (Wildman–Crippen MR) is 83.7 cm³/mol. The molecular formula is C16H14N2O2S. The van der Waals surface area contributed by atoms with Crippen LogP contribution in [0.4, 0.5) is 5.88 Å². The van der Waals surface area contributed by atoms with Crippen LogP contribution in [0.3, 0.4) is 0 Å². The van der Waals surface area contributed by atoms with E-state index in [2.05, 4.69) is 10.5 Å². The van der Waals surface area contributed by atoms with Gasteiger partial charge in [0, 0.05) is 16.5 Å². The molecule has 2 heterocycles. The molecule has 0 aliphatic carbocycles. The van der Waals surface area contributed by atoms with E-state index in [1.807, 2.05) is 38.1 Å². The lowest BCUT2D eigenvalue weighted by Gasteiger charge is -2.01. The number of thiophene rings is 1. The Bertz CT molecular complexity index is 772. The first-order chi connectivity index (χ1) is 10.1. The molecule has 1 aromatic carbocycles. The lowest BCUT2D eigenvalue weighted by Crippen LogP contribution is -2.11. The first-order valence-electron chi connectivity index (χ1n) is 6.53. The van der Waals surface area contributed by atoms with E-state index in [4.69, 9.17) is 4.52 Å². The highest BCUT2D eigenvalue weighted by atomic mass is 32.1. The Kier molecular flexibility index (Phi) is 3.58. The molecule has 0 fully saturated rings. The maximum atomic E-state index is 12.1. The van der Waals surface area contributed by atoms with Crippen molar-refractivity contribution in [3.8, 4) is 10.6 Å². The zero-order valence-electron chi connectivity index (χ0n) is 11.7. The van der Waals surface area contributed by atoms with Crippen molar-refractivity contribution in [2.24, 2.45) is 0 Å². The summed E-state index contributed by atoms with van der Waals surface area (Å²) in [6, 6.07) is 13.1. The molecule has 0 atom stereocenters. The summed E-state index contributed by atoms with van der Waals surface area (Å²) in [7, 11) is 0. The van der Waals surface area contributed by atoms with Crippen LogP contribution < -0.4 is 5.32 Å². The SMILES string of the molecule is Cc1ccc(C(=O)Nc2cc(-c3ccc(C)s3)no2)cc1. The van der Waals surface area contributed by atoms with Gasteiger partial charge >= 0.3 is 0 Å². The van der Waals surface area contributed by atoms with Crippen molar-refractivity contribution in [2.75, 3.05) is 5.32 Å². The Balaban J connectivity index is 1.75. The van der Waals surface area contributed by atoms with Crippen LogP contribution in [0, 0.1) is 13.8 Å². The lowest BCUT2D eigenvalue weighted by atomic mass is 10.1. The first kappa shape index (κ1) is 13.6. The van der Waals surface area contributed by atoms with Crippen molar-refractivity contribution >= 4 is 23.1 Å². The number of hydrogen-bond acceptors (Lipinski definition) is 4. The zero-order valence-corrected chi connectivity index (χ0v) is 12.5. The monoisotopic (exact) mass is 298 g/mol. The fourth-order valence-electron chi connectivity index (χ4n) is 1.91. The van der Waals surface area contributed by atoms with Crippen LogP contribution in [0.25, 0.3) is 10.6 Å². The summed E-state index contributed by atoms with van der Waals surface area (Å²) in [6.45, 7) is 4.02. The molecule has 4 nitrogen and oxygen atoms in total. The summed E-state index contributed by atoms with van der Waals surface area (Å²) in [6.07, 6.45) is 0. The molecule has 1 amide bonds. The van der Waals surface area contributed by atoms with Gasteiger partial charge in [-0.3, -0.25) is 10.1 Å². The van der Waals surface area contributed by atoms with Crippen molar-refractivity contribution in [3.63, 3.8) is 0 Å².